The van der Waals surface area contributed by atoms with E-state index in [4.69, 9.17) is 10.8 Å². The number of nitrogens with zero attached hydrogens (tertiary/aromatic N) is 4. The van der Waals surface area contributed by atoms with Gasteiger partial charge in [-0.2, -0.15) is 5.10 Å². The number of carbonyl (C=O) groups is 1. The first-order chi connectivity index (χ1) is 14.7. The van der Waals surface area contributed by atoms with E-state index < -0.39 is 16.1 Å². The summed E-state index contributed by atoms with van der Waals surface area (Å²) in [4.78, 5) is 17.1. The number of rotatable bonds is 5. The Kier molecular flexibility index (Phi) is 5.54. The average molecular weight is 445 g/mol. The van der Waals surface area contributed by atoms with E-state index in [2.05, 4.69) is 9.71 Å². The molecule has 10 nitrogen and oxygen atoms in total. The Morgan fingerprint density at radius 3 is 2.71 bits per heavy atom. The highest BCUT2D eigenvalue weighted by molar-refractivity contribution is 7.88. The number of pyridine rings is 1. The van der Waals surface area contributed by atoms with Crippen LogP contribution in [0.2, 0.25) is 0 Å². The molecule has 1 atom stereocenters. The first-order valence-corrected chi connectivity index (χ1v) is 11.8. The Morgan fingerprint density at radius 1 is 1.29 bits per heavy atom. The summed E-state index contributed by atoms with van der Waals surface area (Å²) in [5.41, 5.74) is 9.29. The van der Waals surface area contributed by atoms with Gasteiger partial charge in [0.2, 0.25) is 10.0 Å². The monoisotopic (exact) mass is 444 g/mol. The number of sulfonamides is 1. The number of amides is 1. The predicted octanol–water partition coefficient (Wildman–Crippen LogP) is 2.04. The van der Waals surface area contributed by atoms with Crippen LogP contribution >= 0.6 is 0 Å². The normalized spacial score (nSPS) is 17.2. The standard InChI is InChI=1S/C20H24N6O4S/c1-31(29,30)23-11-13-4-6-14(7-5-13)18-17-16(8-9-22-19(17)21)26(24-18)15-3-2-10-25(12-15)20(27)28/h4-9,15,23H,2-3,10-12H2,1H3,(H2,21,22)(H,27,28)/t15-/m1/s1. The average Bonchev–Trinajstić information content (AvgIpc) is 3.13. The first-order valence-electron chi connectivity index (χ1n) is 9.87. The number of aromatic nitrogens is 3. The molecule has 0 aliphatic carbocycles. The van der Waals surface area contributed by atoms with Gasteiger partial charge in [-0.1, -0.05) is 24.3 Å². The van der Waals surface area contributed by atoms with Crippen molar-refractivity contribution in [2.75, 3.05) is 25.1 Å². The highest BCUT2D eigenvalue weighted by Crippen LogP contribution is 2.34. The van der Waals surface area contributed by atoms with E-state index in [9.17, 15) is 18.3 Å². The second-order valence-corrected chi connectivity index (χ2v) is 9.53. The lowest BCUT2D eigenvalue weighted by molar-refractivity contribution is 0.120. The molecule has 1 amide bonds. The molecule has 31 heavy (non-hydrogen) atoms. The fraction of sp³-hybridized carbons (Fsp3) is 0.350. The summed E-state index contributed by atoms with van der Waals surface area (Å²) in [5.74, 6) is 0.354. The molecule has 0 saturated carbocycles. The highest BCUT2D eigenvalue weighted by atomic mass is 32.2. The fourth-order valence-corrected chi connectivity index (χ4v) is 4.34. The molecule has 1 aliphatic rings. The third-order valence-corrected chi connectivity index (χ3v) is 6.10. The number of carboxylic acid groups (broad SMARTS) is 1. The molecule has 4 N–H and O–H groups in total. The van der Waals surface area contributed by atoms with Gasteiger partial charge in [0.25, 0.3) is 0 Å². The van der Waals surface area contributed by atoms with E-state index in [-0.39, 0.29) is 12.6 Å². The van der Waals surface area contributed by atoms with E-state index in [0.29, 0.717) is 24.6 Å². The predicted molar refractivity (Wildman–Crippen MR) is 117 cm³/mol. The van der Waals surface area contributed by atoms with Crippen LogP contribution in [0.1, 0.15) is 24.4 Å². The number of piperidine rings is 1. The number of anilines is 1. The lowest BCUT2D eigenvalue weighted by Gasteiger charge is -2.31. The molecule has 1 aliphatic heterocycles. The van der Waals surface area contributed by atoms with E-state index in [1.165, 1.54) is 4.90 Å². The molecule has 3 heterocycles. The molecule has 3 aromatic rings. The quantitative estimate of drug-likeness (QED) is 0.546. The van der Waals surface area contributed by atoms with E-state index in [1.807, 2.05) is 35.0 Å². The van der Waals surface area contributed by atoms with Crippen LogP contribution in [0.25, 0.3) is 22.2 Å². The molecule has 11 heteroatoms. The van der Waals surface area contributed by atoms with E-state index in [1.54, 1.807) is 6.20 Å². The lowest BCUT2D eigenvalue weighted by atomic mass is 10.1. The Labute approximate surface area is 179 Å². The molecule has 164 valence electrons. The van der Waals surface area contributed by atoms with Gasteiger partial charge in [0, 0.05) is 31.4 Å². The molecular formula is C20H24N6O4S. The second-order valence-electron chi connectivity index (χ2n) is 7.70. The maximum Gasteiger partial charge on any atom is 0.407 e. The molecule has 1 saturated heterocycles. The number of nitrogens with two attached hydrogens (primary N) is 1. The fourth-order valence-electron chi connectivity index (χ4n) is 3.92. The minimum absolute atomic E-state index is 0.0962. The zero-order valence-electron chi connectivity index (χ0n) is 17.0. The van der Waals surface area contributed by atoms with Crippen molar-refractivity contribution >= 4 is 32.8 Å². The molecule has 0 spiro atoms. The summed E-state index contributed by atoms with van der Waals surface area (Å²) in [5, 5.41) is 14.9. The number of hydrogen-bond acceptors (Lipinski definition) is 6. The molecular weight excluding hydrogens is 420 g/mol. The van der Waals surface area contributed by atoms with Gasteiger partial charge in [0.15, 0.2) is 0 Å². The summed E-state index contributed by atoms with van der Waals surface area (Å²) in [6.45, 7) is 1.08. The van der Waals surface area contributed by atoms with E-state index in [0.717, 1.165) is 41.1 Å². The van der Waals surface area contributed by atoms with Gasteiger partial charge in [0.1, 0.15) is 11.5 Å². The molecule has 4 rings (SSSR count). The zero-order chi connectivity index (χ0) is 22.2. The van der Waals surface area contributed by atoms with Crippen LogP contribution in [-0.4, -0.2) is 58.6 Å². The summed E-state index contributed by atoms with van der Waals surface area (Å²) >= 11 is 0. The molecule has 1 aromatic carbocycles. The van der Waals surface area contributed by atoms with Crippen molar-refractivity contribution in [1.82, 2.24) is 24.4 Å². The van der Waals surface area contributed by atoms with Crippen LogP contribution in [0.3, 0.4) is 0 Å². The maximum atomic E-state index is 11.4. The second kappa shape index (κ2) is 8.16. The zero-order valence-corrected chi connectivity index (χ0v) is 17.8. The minimum Gasteiger partial charge on any atom is -0.465 e. The molecule has 0 unspecified atom stereocenters. The van der Waals surface area contributed by atoms with Gasteiger partial charge in [-0.25, -0.2) is 22.9 Å². The van der Waals surface area contributed by atoms with Gasteiger partial charge in [-0.05, 0) is 24.5 Å². The van der Waals surface area contributed by atoms with Gasteiger partial charge >= 0.3 is 6.09 Å². The van der Waals surface area contributed by atoms with Crippen molar-refractivity contribution in [3.05, 3.63) is 42.1 Å². The van der Waals surface area contributed by atoms with Gasteiger partial charge in [-0.3, -0.25) is 4.68 Å². The number of nitrogen functional groups attached to an aromatic ring is 1. The Morgan fingerprint density at radius 2 is 2.03 bits per heavy atom. The van der Waals surface area contributed by atoms with Crippen LogP contribution in [0.5, 0.6) is 0 Å². The largest absolute Gasteiger partial charge is 0.465 e. The summed E-state index contributed by atoms with van der Waals surface area (Å²) < 4.78 is 26.9. The SMILES string of the molecule is CS(=O)(=O)NCc1ccc(-c2nn([C@@H]3CCCN(C(=O)O)C3)c3ccnc(N)c23)cc1. The topological polar surface area (TPSA) is 143 Å². The van der Waals surface area contributed by atoms with Crippen molar-refractivity contribution < 1.29 is 18.3 Å². The van der Waals surface area contributed by atoms with Crippen LogP contribution < -0.4 is 10.5 Å². The Balaban J connectivity index is 1.71. The molecule has 0 radical (unpaired) electrons. The number of likely N-dealkylation sites (tertiary alicyclic amines) is 1. The highest BCUT2D eigenvalue weighted by Gasteiger charge is 2.27. The molecule has 1 fully saturated rings. The number of nitrogens with one attached hydrogen (secondary N) is 1. The minimum atomic E-state index is -3.28. The summed E-state index contributed by atoms with van der Waals surface area (Å²) in [6.07, 6.45) is 3.39. The number of benzene rings is 1. The molecule has 2 aromatic heterocycles. The van der Waals surface area contributed by atoms with Gasteiger partial charge in [0.05, 0.1) is 23.2 Å². The van der Waals surface area contributed by atoms with Crippen molar-refractivity contribution in [3.63, 3.8) is 0 Å². The van der Waals surface area contributed by atoms with Crippen molar-refractivity contribution in [1.29, 1.82) is 0 Å². The van der Waals surface area contributed by atoms with Crippen LogP contribution in [0, 0.1) is 0 Å². The molecule has 0 bridgehead atoms. The smallest absolute Gasteiger partial charge is 0.407 e. The lowest BCUT2D eigenvalue weighted by Crippen LogP contribution is -2.40. The van der Waals surface area contributed by atoms with Gasteiger partial charge in [-0.15, -0.1) is 0 Å². The van der Waals surface area contributed by atoms with Crippen molar-refractivity contribution in [3.8, 4) is 11.3 Å². The Hall–Kier alpha value is -3.18. The van der Waals surface area contributed by atoms with Crippen LogP contribution in [0.4, 0.5) is 10.6 Å². The summed E-state index contributed by atoms with van der Waals surface area (Å²) in [6, 6.07) is 9.13. The first kappa shape index (κ1) is 21.1. The van der Waals surface area contributed by atoms with Crippen LogP contribution in [0.15, 0.2) is 36.5 Å². The third kappa shape index (κ3) is 4.47. The van der Waals surface area contributed by atoms with Crippen molar-refractivity contribution in [2.45, 2.75) is 25.4 Å². The third-order valence-electron chi connectivity index (χ3n) is 5.43. The number of hydrogen-bond donors (Lipinski definition) is 3. The van der Waals surface area contributed by atoms with Crippen LogP contribution in [-0.2, 0) is 16.6 Å². The maximum absolute atomic E-state index is 11.4. The van der Waals surface area contributed by atoms with Crippen molar-refractivity contribution in [2.24, 2.45) is 0 Å². The van der Waals surface area contributed by atoms with E-state index >= 15 is 0 Å². The summed E-state index contributed by atoms with van der Waals surface area (Å²) in [7, 11) is -3.28. The Bertz CT molecular complexity index is 1220. The van der Waals surface area contributed by atoms with Gasteiger partial charge < -0.3 is 15.7 Å². The number of fused-ring (bicyclic) bond motifs is 1.